The van der Waals surface area contributed by atoms with Gasteiger partial charge >= 0.3 is 12.0 Å². The summed E-state index contributed by atoms with van der Waals surface area (Å²) >= 11 is 0. The summed E-state index contributed by atoms with van der Waals surface area (Å²) in [6.45, 7) is 6.73. The van der Waals surface area contributed by atoms with Gasteiger partial charge in [0.2, 0.25) is 0 Å². The van der Waals surface area contributed by atoms with Gasteiger partial charge in [-0.25, -0.2) is 4.79 Å². The number of nitrogens with zero attached hydrogens (tertiary/aromatic N) is 1. The van der Waals surface area contributed by atoms with Gasteiger partial charge in [-0.1, -0.05) is 13.0 Å². The summed E-state index contributed by atoms with van der Waals surface area (Å²) in [4.78, 5) is 24.5. The molecule has 5 nitrogen and oxygen atoms in total. The van der Waals surface area contributed by atoms with Gasteiger partial charge in [0, 0.05) is 19.1 Å². The Kier molecular flexibility index (Phi) is 5.68. The van der Waals surface area contributed by atoms with Crippen molar-refractivity contribution < 1.29 is 14.7 Å². The summed E-state index contributed by atoms with van der Waals surface area (Å²) in [5.41, 5.74) is 0. The molecule has 1 unspecified atom stereocenters. The van der Waals surface area contributed by atoms with Crippen LogP contribution in [0.3, 0.4) is 0 Å². The minimum atomic E-state index is -0.756. The Bertz CT molecular complexity index is 309. The lowest BCUT2D eigenvalue weighted by atomic mass is 9.97. The fourth-order valence-corrected chi connectivity index (χ4v) is 2.12. The third-order valence-electron chi connectivity index (χ3n) is 3.40. The SMILES string of the molecule is C=CCC(CC)NC(=O)N1CCC(C(=O)O)CC1. The number of carboxylic acids is 1. The second kappa shape index (κ2) is 7.03. The van der Waals surface area contributed by atoms with Gasteiger partial charge in [0.15, 0.2) is 0 Å². The number of carbonyl (C=O) groups excluding carboxylic acids is 1. The summed E-state index contributed by atoms with van der Waals surface area (Å²) in [6.07, 6.45) is 4.50. The number of urea groups is 1. The lowest BCUT2D eigenvalue weighted by Crippen LogP contribution is -2.48. The zero-order valence-electron chi connectivity index (χ0n) is 10.9. The summed E-state index contributed by atoms with van der Waals surface area (Å²) in [7, 11) is 0. The molecule has 0 spiro atoms. The number of hydrogen-bond acceptors (Lipinski definition) is 2. The second-order valence-electron chi connectivity index (χ2n) is 4.68. The first kappa shape index (κ1) is 14.5. The fraction of sp³-hybridized carbons (Fsp3) is 0.692. The van der Waals surface area contributed by atoms with Crippen LogP contribution in [0, 0.1) is 5.92 Å². The largest absolute Gasteiger partial charge is 0.481 e. The number of carboxylic acid groups (broad SMARTS) is 1. The van der Waals surface area contributed by atoms with Gasteiger partial charge in [0.05, 0.1) is 5.92 Å². The highest BCUT2D eigenvalue weighted by Crippen LogP contribution is 2.17. The van der Waals surface area contributed by atoms with Gasteiger partial charge in [-0.05, 0) is 25.7 Å². The minimum Gasteiger partial charge on any atom is -0.481 e. The van der Waals surface area contributed by atoms with Crippen LogP contribution >= 0.6 is 0 Å². The first-order valence-electron chi connectivity index (χ1n) is 6.47. The van der Waals surface area contributed by atoms with Gasteiger partial charge in [-0.3, -0.25) is 4.79 Å². The highest BCUT2D eigenvalue weighted by Gasteiger charge is 2.27. The number of carbonyl (C=O) groups is 2. The van der Waals surface area contributed by atoms with E-state index in [0.29, 0.717) is 25.9 Å². The summed E-state index contributed by atoms with van der Waals surface area (Å²) in [6, 6.07) is 0.0275. The van der Waals surface area contributed by atoms with E-state index in [9.17, 15) is 9.59 Å². The molecule has 1 saturated heterocycles. The number of hydrogen-bond donors (Lipinski definition) is 2. The van der Waals surface area contributed by atoms with Crippen LogP contribution in [0.2, 0.25) is 0 Å². The lowest BCUT2D eigenvalue weighted by molar-refractivity contribution is -0.143. The fourth-order valence-electron chi connectivity index (χ4n) is 2.12. The lowest BCUT2D eigenvalue weighted by Gasteiger charge is -2.31. The van der Waals surface area contributed by atoms with Crippen LogP contribution in [0.4, 0.5) is 4.79 Å². The zero-order valence-corrected chi connectivity index (χ0v) is 10.9. The summed E-state index contributed by atoms with van der Waals surface area (Å²) in [5, 5.41) is 11.8. The molecular formula is C13H22N2O3. The van der Waals surface area contributed by atoms with E-state index in [1.165, 1.54) is 0 Å². The van der Waals surface area contributed by atoms with E-state index in [1.54, 1.807) is 11.0 Å². The zero-order chi connectivity index (χ0) is 13.5. The van der Waals surface area contributed by atoms with E-state index in [4.69, 9.17) is 5.11 Å². The Hall–Kier alpha value is -1.52. The third-order valence-corrected chi connectivity index (χ3v) is 3.40. The van der Waals surface area contributed by atoms with Gasteiger partial charge in [0.1, 0.15) is 0 Å². The van der Waals surface area contributed by atoms with Crippen LogP contribution in [0.25, 0.3) is 0 Å². The van der Waals surface area contributed by atoms with Crippen molar-refractivity contribution in [2.75, 3.05) is 13.1 Å². The van der Waals surface area contributed by atoms with Gasteiger partial charge < -0.3 is 15.3 Å². The highest BCUT2D eigenvalue weighted by molar-refractivity contribution is 5.75. The molecule has 0 aromatic carbocycles. The Morgan fingerprint density at radius 2 is 2.11 bits per heavy atom. The first-order chi connectivity index (χ1) is 8.58. The van der Waals surface area contributed by atoms with Gasteiger partial charge in [0.25, 0.3) is 0 Å². The standard InChI is InChI=1S/C13H22N2O3/c1-3-5-11(4-2)14-13(18)15-8-6-10(7-9-15)12(16)17/h3,10-11H,1,4-9H2,2H3,(H,14,18)(H,16,17). The molecule has 0 bridgehead atoms. The van der Waals surface area contributed by atoms with Crippen molar-refractivity contribution in [2.45, 2.75) is 38.6 Å². The highest BCUT2D eigenvalue weighted by atomic mass is 16.4. The predicted molar refractivity (Wildman–Crippen MR) is 69.4 cm³/mol. The molecule has 0 radical (unpaired) electrons. The molecule has 1 atom stereocenters. The van der Waals surface area contributed by atoms with Crippen molar-refractivity contribution in [3.05, 3.63) is 12.7 Å². The molecule has 5 heteroatoms. The van der Waals surface area contributed by atoms with Crippen LogP contribution in [-0.2, 0) is 4.79 Å². The molecule has 2 N–H and O–H groups in total. The van der Waals surface area contributed by atoms with E-state index < -0.39 is 5.97 Å². The Balaban J connectivity index is 2.39. The number of nitrogens with one attached hydrogen (secondary N) is 1. The molecule has 1 heterocycles. The van der Waals surface area contributed by atoms with Crippen LogP contribution in [0.5, 0.6) is 0 Å². The number of piperidine rings is 1. The van der Waals surface area contributed by atoms with E-state index in [1.807, 2.05) is 6.92 Å². The average molecular weight is 254 g/mol. The summed E-state index contributed by atoms with van der Waals surface area (Å²) in [5.74, 6) is -1.06. The van der Waals surface area contributed by atoms with Gasteiger partial charge in [-0.2, -0.15) is 0 Å². The van der Waals surface area contributed by atoms with Crippen LogP contribution in [-0.4, -0.2) is 41.1 Å². The van der Waals surface area contributed by atoms with Crippen LogP contribution < -0.4 is 5.32 Å². The molecule has 2 amide bonds. The van der Waals surface area contributed by atoms with Crippen molar-refractivity contribution in [3.8, 4) is 0 Å². The molecule has 0 aromatic rings. The number of rotatable bonds is 5. The molecule has 1 aliphatic heterocycles. The molecule has 0 aliphatic carbocycles. The monoisotopic (exact) mass is 254 g/mol. The van der Waals surface area contributed by atoms with E-state index in [0.717, 1.165) is 12.8 Å². The topological polar surface area (TPSA) is 69.6 Å². The Labute approximate surface area is 108 Å². The van der Waals surface area contributed by atoms with E-state index in [-0.39, 0.29) is 18.0 Å². The van der Waals surface area contributed by atoms with Crippen molar-refractivity contribution in [1.82, 2.24) is 10.2 Å². The number of aliphatic carboxylic acids is 1. The maximum atomic E-state index is 12.0. The quantitative estimate of drug-likeness (QED) is 0.736. The number of likely N-dealkylation sites (tertiary alicyclic amines) is 1. The van der Waals surface area contributed by atoms with Crippen molar-refractivity contribution in [3.63, 3.8) is 0 Å². The number of amides is 2. The molecule has 102 valence electrons. The molecule has 1 fully saturated rings. The molecule has 1 aliphatic rings. The van der Waals surface area contributed by atoms with Crippen molar-refractivity contribution in [1.29, 1.82) is 0 Å². The predicted octanol–water partition coefficient (Wildman–Crippen LogP) is 1.85. The minimum absolute atomic E-state index is 0.0902. The Morgan fingerprint density at radius 3 is 2.56 bits per heavy atom. The molecule has 1 rings (SSSR count). The van der Waals surface area contributed by atoms with E-state index >= 15 is 0 Å². The third kappa shape index (κ3) is 4.05. The van der Waals surface area contributed by atoms with Crippen molar-refractivity contribution >= 4 is 12.0 Å². The summed E-state index contributed by atoms with van der Waals surface area (Å²) < 4.78 is 0. The maximum Gasteiger partial charge on any atom is 0.317 e. The first-order valence-corrected chi connectivity index (χ1v) is 6.47. The average Bonchev–Trinajstić information content (AvgIpc) is 2.38. The Morgan fingerprint density at radius 1 is 1.50 bits per heavy atom. The smallest absolute Gasteiger partial charge is 0.317 e. The van der Waals surface area contributed by atoms with Crippen molar-refractivity contribution in [2.24, 2.45) is 5.92 Å². The van der Waals surface area contributed by atoms with E-state index in [2.05, 4.69) is 11.9 Å². The molecule has 18 heavy (non-hydrogen) atoms. The van der Waals surface area contributed by atoms with Crippen LogP contribution in [0.1, 0.15) is 32.6 Å². The maximum absolute atomic E-state index is 12.0. The molecular weight excluding hydrogens is 232 g/mol. The molecule has 0 saturated carbocycles. The second-order valence-corrected chi connectivity index (χ2v) is 4.68. The molecule has 0 aromatic heterocycles. The van der Waals surface area contributed by atoms with Crippen LogP contribution in [0.15, 0.2) is 12.7 Å². The van der Waals surface area contributed by atoms with Gasteiger partial charge in [-0.15, -0.1) is 6.58 Å². The normalized spacial score (nSPS) is 18.2.